The number of hydrogen-bond acceptors (Lipinski definition) is 4. The monoisotopic (exact) mass is 353 g/mol. The number of rotatable bonds is 5. The van der Waals surface area contributed by atoms with E-state index >= 15 is 0 Å². The molecule has 1 N–H and O–H groups in total. The Labute approximate surface area is 150 Å². The Balaban J connectivity index is 1.64. The first kappa shape index (κ1) is 17.6. The third-order valence-corrected chi connectivity index (χ3v) is 4.62. The Morgan fingerprint density at radius 1 is 1.19 bits per heavy atom. The van der Waals surface area contributed by atoms with Crippen LogP contribution in [0.25, 0.3) is 0 Å². The van der Waals surface area contributed by atoms with Crippen molar-refractivity contribution >= 4 is 23.2 Å². The van der Waals surface area contributed by atoms with Gasteiger partial charge in [0.05, 0.1) is 16.9 Å². The van der Waals surface area contributed by atoms with Crippen LogP contribution in [0.4, 0.5) is 11.4 Å². The van der Waals surface area contributed by atoms with Crippen LogP contribution < -0.4 is 5.32 Å². The number of nitro benzene ring substituents is 1. The number of carbonyl (C=O) groups is 2. The van der Waals surface area contributed by atoms with Gasteiger partial charge in [0.15, 0.2) is 0 Å². The molecular weight excluding hydrogens is 334 g/mol. The number of nitrogens with zero attached hydrogens (tertiary/aromatic N) is 2. The van der Waals surface area contributed by atoms with E-state index in [9.17, 15) is 19.7 Å². The maximum absolute atomic E-state index is 12.5. The van der Waals surface area contributed by atoms with E-state index in [2.05, 4.69) is 5.32 Å². The van der Waals surface area contributed by atoms with Gasteiger partial charge in [0.25, 0.3) is 5.69 Å². The van der Waals surface area contributed by atoms with Crippen LogP contribution in [0.15, 0.2) is 54.6 Å². The smallest absolute Gasteiger partial charge is 0.269 e. The predicted molar refractivity (Wildman–Crippen MR) is 96.4 cm³/mol. The zero-order chi connectivity index (χ0) is 18.7. The summed E-state index contributed by atoms with van der Waals surface area (Å²) in [5.41, 5.74) is 1.46. The molecule has 2 aromatic rings. The Morgan fingerprint density at radius 3 is 2.46 bits per heavy atom. The van der Waals surface area contributed by atoms with Gasteiger partial charge in [-0.05, 0) is 24.6 Å². The van der Waals surface area contributed by atoms with Gasteiger partial charge in [-0.3, -0.25) is 19.7 Å². The zero-order valence-electron chi connectivity index (χ0n) is 14.3. The molecule has 1 heterocycles. The standard InChI is InChI=1S/C19H19N3O4/c1-13(14-5-3-2-4-6-14)21-12-15(11-18(21)23)19(24)20-16-7-9-17(10-8-16)22(25)26/h2-10,13,15H,11-12H2,1H3,(H,20,24)/t13-,15+/m0/s1. The molecule has 0 aliphatic carbocycles. The second-order valence-electron chi connectivity index (χ2n) is 6.33. The summed E-state index contributed by atoms with van der Waals surface area (Å²) in [7, 11) is 0. The molecule has 2 amide bonds. The van der Waals surface area contributed by atoms with E-state index in [1.165, 1.54) is 24.3 Å². The number of benzene rings is 2. The van der Waals surface area contributed by atoms with Crippen LogP contribution in [0.2, 0.25) is 0 Å². The van der Waals surface area contributed by atoms with Crippen molar-refractivity contribution < 1.29 is 14.5 Å². The third kappa shape index (κ3) is 3.72. The molecule has 3 rings (SSSR count). The Hall–Kier alpha value is -3.22. The Kier molecular flexibility index (Phi) is 4.97. The number of amides is 2. The molecular formula is C19H19N3O4. The van der Waals surface area contributed by atoms with Gasteiger partial charge in [-0.2, -0.15) is 0 Å². The van der Waals surface area contributed by atoms with E-state index < -0.39 is 10.8 Å². The van der Waals surface area contributed by atoms with E-state index in [0.717, 1.165) is 5.56 Å². The highest BCUT2D eigenvalue weighted by atomic mass is 16.6. The Bertz CT molecular complexity index is 820. The number of anilines is 1. The van der Waals surface area contributed by atoms with Crippen molar-refractivity contribution in [2.24, 2.45) is 5.92 Å². The van der Waals surface area contributed by atoms with Gasteiger partial charge in [0.1, 0.15) is 0 Å². The summed E-state index contributed by atoms with van der Waals surface area (Å²) in [6.45, 7) is 2.30. The predicted octanol–water partition coefficient (Wildman–Crippen LogP) is 3.14. The highest BCUT2D eigenvalue weighted by Crippen LogP contribution is 2.29. The van der Waals surface area contributed by atoms with Crippen LogP contribution in [0.3, 0.4) is 0 Å². The molecule has 134 valence electrons. The number of nitrogens with one attached hydrogen (secondary N) is 1. The third-order valence-electron chi connectivity index (χ3n) is 4.62. The summed E-state index contributed by atoms with van der Waals surface area (Å²) < 4.78 is 0. The van der Waals surface area contributed by atoms with Crippen LogP contribution >= 0.6 is 0 Å². The SMILES string of the molecule is C[C@@H](c1ccccc1)N1C[C@H](C(=O)Nc2ccc([N+](=O)[O-])cc2)CC1=O. The van der Waals surface area contributed by atoms with E-state index in [0.29, 0.717) is 12.2 Å². The van der Waals surface area contributed by atoms with Crippen molar-refractivity contribution in [3.63, 3.8) is 0 Å². The van der Waals surface area contributed by atoms with Crippen molar-refractivity contribution in [3.8, 4) is 0 Å². The number of carbonyl (C=O) groups excluding carboxylic acids is 2. The summed E-state index contributed by atoms with van der Waals surface area (Å²) in [6.07, 6.45) is 0.163. The van der Waals surface area contributed by atoms with Crippen molar-refractivity contribution in [3.05, 3.63) is 70.3 Å². The van der Waals surface area contributed by atoms with Gasteiger partial charge in [-0.15, -0.1) is 0 Å². The summed E-state index contributed by atoms with van der Waals surface area (Å²) in [5.74, 6) is -0.746. The highest BCUT2D eigenvalue weighted by molar-refractivity contribution is 5.97. The fourth-order valence-electron chi connectivity index (χ4n) is 3.10. The van der Waals surface area contributed by atoms with Crippen LogP contribution in [0.5, 0.6) is 0 Å². The molecule has 0 spiro atoms. The lowest BCUT2D eigenvalue weighted by Crippen LogP contribution is -2.30. The van der Waals surface area contributed by atoms with Gasteiger partial charge in [0, 0.05) is 30.8 Å². The average molecular weight is 353 g/mol. The maximum atomic E-state index is 12.5. The fraction of sp³-hybridized carbons (Fsp3) is 0.263. The molecule has 0 unspecified atom stereocenters. The highest BCUT2D eigenvalue weighted by Gasteiger charge is 2.37. The molecule has 1 aliphatic rings. The normalized spacial score (nSPS) is 17.8. The van der Waals surface area contributed by atoms with Crippen molar-refractivity contribution in [1.29, 1.82) is 0 Å². The van der Waals surface area contributed by atoms with Crippen LogP contribution in [0.1, 0.15) is 24.9 Å². The van der Waals surface area contributed by atoms with Gasteiger partial charge < -0.3 is 10.2 Å². The fourth-order valence-corrected chi connectivity index (χ4v) is 3.10. The molecule has 2 atom stereocenters. The summed E-state index contributed by atoms with van der Waals surface area (Å²) in [5, 5.41) is 13.4. The first-order chi connectivity index (χ1) is 12.5. The van der Waals surface area contributed by atoms with Crippen LogP contribution in [-0.2, 0) is 9.59 Å². The summed E-state index contributed by atoms with van der Waals surface area (Å²) in [6, 6.07) is 15.2. The van der Waals surface area contributed by atoms with E-state index in [1.54, 1.807) is 4.90 Å². The lowest BCUT2D eigenvalue weighted by atomic mass is 10.1. The van der Waals surface area contributed by atoms with Crippen LogP contribution in [0, 0.1) is 16.0 Å². The molecule has 1 fully saturated rings. The minimum absolute atomic E-state index is 0.0399. The van der Waals surface area contributed by atoms with E-state index in [1.807, 2.05) is 37.3 Å². The molecule has 1 aliphatic heterocycles. The van der Waals surface area contributed by atoms with Gasteiger partial charge in [-0.25, -0.2) is 0 Å². The minimum atomic E-state index is -0.496. The minimum Gasteiger partial charge on any atom is -0.335 e. The molecule has 7 nitrogen and oxygen atoms in total. The molecule has 7 heteroatoms. The number of hydrogen-bond donors (Lipinski definition) is 1. The Morgan fingerprint density at radius 2 is 1.85 bits per heavy atom. The summed E-state index contributed by atoms with van der Waals surface area (Å²) in [4.78, 5) is 36.7. The van der Waals surface area contributed by atoms with E-state index in [4.69, 9.17) is 0 Å². The first-order valence-electron chi connectivity index (χ1n) is 8.35. The van der Waals surface area contributed by atoms with Crippen molar-refractivity contribution in [2.75, 3.05) is 11.9 Å². The van der Waals surface area contributed by atoms with Gasteiger partial charge in [0.2, 0.25) is 11.8 Å². The molecule has 1 saturated heterocycles. The van der Waals surface area contributed by atoms with Crippen molar-refractivity contribution in [1.82, 2.24) is 4.90 Å². The quantitative estimate of drug-likeness (QED) is 0.660. The van der Waals surface area contributed by atoms with Gasteiger partial charge >= 0.3 is 0 Å². The second-order valence-corrected chi connectivity index (χ2v) is 6.33. The average Bonchev–Trinajstić information content (AvgIpc) is 3.04. The van der Waals surface area contributed by atoms with Crippen LogP contribution in [-0.4, -0.2) is 28.2 Å². The number of non-ortho nitro benzene ring substituents is 1. The first-order valence-corrected chi connectivity index (χ1v) is 8.35. The molecule has 0 radical (unpaired) electrons. The van der Waals surface area contributed by atoms with Crippen molar-refractivity contribution in [2.45, 2.75) is 19.4 Å². The largest absolute Gasteiger partial charge is 0.335 e. The zero-order valence-corrected chi connectivity index (χ0v) is 14.3. The molecule has 2 aromatic carbocycles. The molecule has 0 aromatic heterocycles. The summed E-state index contributed by atoms with van der Waals surface area (Å²) >= 11 is 0. The maximum Gasteiger partial charge on any atom is 0.269 e. The topological polar surface area (TPSA) is 92.6 Å². The molecule has 26 heavy (non-hydrogen) atoms. The molecule has 0 bridgehead atoms. The molecule has 0 saturated carbocycles. The van der Waals surface area contributed by atoms with Gasteiger partial charge in [-0.1, -0.05) is 30.3 Å². The van der Waals surface area contributed by atoms with E-state index in [-0.39, 0.29) is 30.0 Å². The second kappa shape index (κ2) is 7.35. The lowest BCUT2D eigenvalue weighted by Gasteiger charge is -2.25. The lowest BCUT2D eigenvalue weighted by molar-refractivity contribution is -0.384. The number of likely N-dealkylation sites (tertiary alicyclic amines) is 1. The number of nitro groups is 1.